The first-order chi connectivity index (χ1) is 48.0. The molecule has 0 saturated carbocycles. The number of hydrogen-bond acceptors (Lipinski definition) is 4. The average Bonchev–Trinajstić information content (AvgIpc) is 1.58. The SMILES string of the molecule is Clc1nc(-c2ccc(-c3cccc4ccccc34)cc2)c2ccccc2n1.c1ccc(-n2ccc3ccc4[nH]c5ccccc5c4c32)cc1.c1ccc(-n2ccc3ccc4c(c5ccccc5n4-c4nc(-c5ccc(-c6cccc7ccccc67)cc5)c5ccccc5n4)c32)cc1. The minimum atomic E-state index is 0.266. The van der Waals surface area contributed by atoms with Gasteiger partial charge in [-0.3, -0.25) is 4.57 Å². The highest BCUT2D eigenvalue weighted by molar-refractivity contribution is 6.29. The topological polar surface area (TPSA) is 82.1 Å². The molecule has 0 fully saturated rings. The third kappa shape index (κ3) is 10.1. The molecule has 456 valence electrons. The zero-order chi connectivity index (χ0) is 64.3. The molecule has 0 aliphatic rings. The van der Waals surface area contributed by atoms with Gasteiger partial charge in [-0.1, -0.05) is 255 Å². The van der Waals surface area contributed by atoms with Gasteiger partial charge in [0.2, 0.25) is 11.2 Å². The number of nitrogens with zero attached hydrogens (tertiary/aromatic N) is 7. The summed E-state index contributed by atoms with van der Waals surface area (Å²) in [5.74, 6) is 0.658. The molecular weight excluding hydrogens is 1200 g/mol. The molecule has 20 rings (SSSR count). The Labute approximate surface area is 562 Å². The number of nitrogens with one attached hydrogen (secondary N) is 1. The molecule has 1 N–H and O–H groups in total. The maximum atomic E-state index is 6.14. The van der Waals surface area contributed by atoms with E-state index in [4.69, 9.17) is 21.6 Å². The van der Waals surface area contributed by atoms with Crippen LogP contribution in [-0.4, -0.2) is 38.6 Å². The Morgan fingerprint density at radius 2 is 0.732 bits per heavy atom. The van der Waals surface area contributed by atoms with Crippen molar-refractivity contribution in [1.29, 1.82) is 0 Å². The van der Waals surface area contributed by atoms with E-state index in [-0.39, 0.29) is 5.28 Å². The summed E-state index contributed by atoms with van der Waals surface area (Å²) in [6, 6.07) is 115. The normalized spacial score (nSPS) is 11.6. The molecule has 0 spiro atoms. The monoisotopic (exact) mass is 1260 g/mol. The number of aromatic amines is 1. The van der Waals surface area contributed by atoms with Crippen molar-refractivity contribution in [1.82, 2.24) is 38.6 Å². The average molecular weight is 1260 g/mol. The van der Waals surface area contributed by atoms with Gasteiger partial charge < -0.3 is 14.1 Å². The van der Waals surface area contributed by atoms with E-state index in [1.54, 1.807) is 0 Å². The summed E-state index contributed by atoms with van der Waals surface area (Å²) in [5, 5.41) is 14.7. The van der Waals surface area contributed by atoms with Crippen LogP contribution in [0, 0.1) is 0 Å². The maximum Gasteiger partial charge on any atom is 0.235 e. The van der Waals surface area contributed by atoms with Crippen molar-refractivity contribution in [2.24, 2.45) is 0 Å². The van der Waals surface area contributed by atoms with Crippen molar-refractivity contribution >= 4 is 120 Å². The van der Waals surface area contributed by atoms with Crippen LogP contribution in [0.4, 0.5) is 0 Å². The number of benzene rings is 14. The molecule has 8 nitrogen and oxygen atoms in total. The highest BCUT2D eigenvalue weighted by Crippen LogP contribution is 2.41. The van der Waals surface area contributed by atoms with E-state index in [1.807, 2.05) is 24.3 Å². The lowest BCUT2D eigenvalue weighted by Crippen LogP contribution is -2.03. The fraction of sp³-hybridized carbons (Fsp3) is 0. The van der Waals surface area contributed by atoms with Crippen LogP contribution in [0.15, 0.2) is 340 Å². The van der Waals surface area contributed by atoms with Gasteiger partial charge in [0.15, 0.2) is 0 Å². The molecule has 6 heterocycles. The molecule has 0 aliphatic heterocycles. The van der Waals surface area contributed by atoms with Crippen molar-refractivity contribution in [3.05, 3.63) is 345 Å². The lowest BCUT2D eigenvalue weighted by Gasteiger charge is -2.13. The summed E-state index contributed by atoms with van der Waals surface area (Å²) in [4.78, 5) is 22.9. The minimum absolute atomic E-state index is 0.266. The van der Waals surface area contributed by atoms with Gasteiger partial charge >= 0.3 is 0 Å². The third-order valence-corrected chi connectivity index (χ3v) is 18.9. The zero-order valence-electron chi connectivity index (χ0n) is 52.3. The number of H-pyrrole nitrogens is 1. The predicted octanol–water partition coefficient (Wildman–Crippen LogP) is 23.2. The number of rotatable bonds is 7. The molecule has 20 aromatic rings. The lowest BCUT2D eigenvalue weighted by atomic mass is 9.96. The van der Waals surface area contributed by atoms with Gasteiger partial charge in [-0.05, 0) is 128 Å². The van der Waals surface area contributed by atoms with Gasteiger partial charge in [0, 0.05) is 89.0 Å². The summed E-state index contributed by atoms with van der Waals surface area (Å²) in [6.45, 7) is 0. The van der Waals surface area contributed by atoms with Crippen molar-refractivity contribution in [3.8, 4) is 62.1 Å². The fourth-order valence-corrected chi connectivity index (χ4v) is 14.5. The zero-order valence-corrected chi connectivity index (χ0v) is 53.1. The Bertz CT molecular complexity index is 6370. The van der Waals surface area contributed by atoms with Crippen LogP contribution in [-0.2, 0) is 0 Å². The van der Waals surface area contributed by atoms with Crippen LogP contribution in [0.25, 0.3) is 171 Å². The number of aromatic nitrogens is 8. The molecule has 6 aromatic heterocycles. The van der Waals surface area contributed by atoms with Gasteiger partial charge in [-0.2, -0.15) is 0 Å². The van der Waals surface area contributed by atoms with Crippen LogP contribution in [0.2, 0.25) is 5.28 Å². The quantitative estimate of drug-likeness (QED) is 0.161. The van der Waals surface area contributed by atoms with Crippen LogP contribution in [0.1, 0.15) is 0 Å². The summed E-state index contributed by atoms with van der Waals surface area (Å²) >= 11 is 6.14. The van der Waals surface area contributed by atoms with Crippen LogP contribution in [0.5, 0.6) is 0 Å². The number of fused-ring (bicyclic) bond motifs is 14. The van der Waals surface area contributed by atoms with Crippen LogP contribution in [0.3, 0.4) is 0 Å². The van der Waals surface area contributed by atoms with E-state index >= 15 is 0 Å². The number of halogens is 1. The predicted molar refractivity (Wildman–Crippen MR) is 405 cm³/mol. The van der Waals surface area contributed by atoms with Gasteiger partial charge in [0.25, 0.3) is 0 Å². The van der Waals surface area contributed by atoms with Gasteiger partial charge in [0.1, 0.15) is 0 Å². The van der Waals surface area contributed by atoms with Crippen molar-refractivity contribution < 1.29 is 0 Å². The lowest BCUT2D eigenvalue weighted by molar-refractivity contribution is 1.01. The Hall–Kier alpha value is -12.8. The highest BCUT2D eigenvalue weighted by Gasteiger charge is 2.22. The van der Waals surface area contributed by atoms with E-state index in [1.165, 1.54) is 104 Å². The van der Waals surface area contributed by atoms with E-state index in [9.17, 15) is 0 Å². The highest BCUT2D eigenvalue weighted by atomic mass is 35.5. The van der Waals surface area contributed by atoms with Crippen LogP contribution < -0.4 is 0 Å². The molecule has 0 bridgehead atoms. The van der Waals surface area contributed by atoms with E-state index in [0.717, 1.165) is 61.0 Å². The van der Waals surface area contributed by atoms with Crippen LogP contribution >= 0.6 is 11.6 Å². The van der Waals surface area contributed by atoms with Crippen molar-refractivity contribution in [2.45, 2.75) is 0 Å². The molecule has 0 atom stereocenters. The second-order valence-electron chi connectivity index (χ2n) is 24.3. The summed E-state index contributed by atoms with van der Waals surface area (Å²) in [7, 11) is 0. The first kappa shape index (κ1) is 57.0. The summed E-state index contributed by atoms with van der Waals surface area (Å²) in [5.41, 5.74) is 19.7. The standard InChI is InChI=1S/C44H28N4.C24H15ClN2.C20H14N2/c1-2-13-33(14-3-1)47-28-27-32-25-26-40-41(43(32)47)37-17-7-9-20-39(37)48(40)44-45-38-19-8-6-16-36(38)42(46-44)31-23-21-30(22-24-31)35-18-10-12-29-11-4-5-15-34(29)35;25-24-26-22-11-4-3-9-21(22)23(27-24)18-14-12-17(13-15-18)20-10-5-7-16-6-1-2-8-19(16)20;1-2-6-15(7-3-1)22-13-12-14-10-11-18-19(20(14)22)16-8-4-5-9-17(16)21-18/h1-28H;1-15H;1-13,21H. The van der Waals surface area contributed by atoms with Gasteiger partial charge in [-0.15, -0.1) is 0 Å². The molecule has 0 radical (unpaired) electrons. The van der Waals surface area contributed by atoms with Crippen molar-refractivity contribution in [2.75, 3.05) is 0 Å². The molecule has 0 unspecified atom stereocenters. The fourth-order valence-electron chi connectivity index (χ4n) is 14.3. The van der Waals surface area contributed by atoms with E-state index < -0.39 is 0 Å². The summed E-state index contributed by atoms with van der Waals surface area (Å²) in [6.07, 6.45) is 4.32. The molecular formula is C88H57ClN8. The number of hydrogen-bond donors (Lipinski definition) is 1. The first-order valence-electron chi connectivity index (χ1n) is 32.5. The Kier molecular flexibility index (Phi) is 14.1. The second-order valence-corrected chi connectivity index (χ2v) is 24.7. The molecule has 97 heavy (non-hydrogen) atoms. The first-order valence-corrected chi connectivity index (χ1v) is 32.9. The van der Waals surface area contributed by atoms with Gasteiger partial charge in [-0.25, -0.2) is 19.9 Å². The minimum Gasteiger partial charge on any atom is -0.354 e. The molecule has 0 saturated heterocycles. The second kappa shape index (κ2) is 24.0. The molecule has 9 heteroatoms. The van der Waals surface area contributed by atoms with E-state index in [2.05, 4.69) is 344 Å². The molecule has 0 amide bonds. The molecule has 0 aliphatic carbocycles. The third-order valence-electron chi connectivity index (χ3n) is 18.8. The Morgan fingerprint density at radius 1 is 0.278 bits per heavy atom. The largest absolute Gasteiger partial charge is 0.354 e. The van der Waals surface area contributed by atoms with Gasteiger partial charge in [0.05, 0.1) is 44.5 Å². The number of para-hydroxylation sites is 6. The summed E-state index contributed by atoms with van der Waals surface area (Å²) < 4.78 is 6.80. The van der Waals surface area contributed by atoms with E-state index in [0.29, 0.717) is 5.95 Å². The van der Waals surface area contributed by atoms with Crippen molar-refractivity contribution in [3.63, 3.8) is 0 Å². The smallest absolute Gasteiger partial charge is 0.235 e. The maximum absolute atomic E-state index is 6.14. The Morgan fingerprint density at radius 3 is 1.33 bits per heavy atom. The molecule has 14 aromatic carbocycles. The Balaban J connectivity index is 0.000000117.